The van der Waals surface area contributed by atoms with E-state index in [1.807, 2.05) is 6.07 Å². The lowest BCUT2D eigenvalue weighted by Crippen LogP contribution is -2.29. The number of rotatable bonds is 7. The van der Waals surface area contributed by atoms with Crippen molar-refractivity contribution in [1.82, 2.24) is 0 Å². The summed E-state index contributed by atoms with van der Waals surface area (Å²) >= 11 is 0. The maximum absolute atomic E-state index is 11.9. The summed E-state index contributed by atoms with van der Waals surface area (Å²) in [6.07, 6.45) is -0.924. The molecule has 138 valence electrons. The summed E-state index contributed by atoms with van der Waals surface area (Å²) in [5.41, 5.74) is 1.38. The lowest BCUT2D eigenvalue weighted by atomic mass is 10.1. The summed E-state index contributed by atoms with van der Waals surface area (Å²) in [6, 6.07) is 14.7. The number of ether oxygens (including phenoxy) is 2. The molecule has 0 saturated heterocycles. The van der Waals surface area contributed by atoms with Crippen LogP contribution in [0.5, 0.6) is 5.75 Å². The van der Waals surface area contributed by atoms with Crippen LogP contribution in [0.2, 0.25) is 0 Å². The smallest absolute Gasteiger partial charge is 0.347 e. The molecule has 1 N–H and O–H groups in total. The van der Waals surface area contributed by atoms with Crippen molar-refractivity contribution in [2.45, 2.75) is 20.0 Å². The molecular weight excluding hydrogens is 348 g/mol. The molecule has 0 heterocycles. The standard InChI is InChI=1S/C20H18N2O5/c1-13(23)16-4-3-5-17(10-16)22-19(24)12-26-20(25)14(2)27-18-8-6-15(11-21)7-9-18/h3-10,14H,12H2,1-2H3,(H,22,24). The molecule has 1 unspecified atom stereocenters. The monoisotopic (exact) mass is 366 g/mol. The van der Waals surface area contributed by atoms with Crippen LogP contribution in [0.15, 0.2) is 48.5 Å². The molecule has 2 aromatic rings. The fraction of sp³-hybridized carbons (Fsp3) is 0.200. The van der Waals surface area contributed by atoms with Crippen LogP contribution >= 0.6 is 0 Å². The van der Waals surface area contributed by atoms with E-state index in [2.05, 4.69) is 5.32 Å². The number of hydrogen-bond donors (Lipinski definition) is 1. The van der Waals surface area contributed by atoms with Crippen LogP contribution in [0.25, 0.3) is 0 Å². The third-order valence-corrected chi connectivity index (χ3v) is 3.53. The maximum Gasteiger partial charge on any atom is 0.347 e. The van der Waals surface area contributed by atoms with Crippen molar-refractivity contribution in [3.8, 4) is 11.8 Å². The van der Waals surface area contributed by atoms with Gasteiger partial charge in [-0.2, -0.15) is 5.26 Å². The normalized spacial score (nSPS) is 11.0. The number of amides is 1. The highest BCUT2D eigenvalue weighted by atomic mass is 16.6. The van der Waals surface area contributed by atoms with E-state index >= 15 is 0 Å². The summed E-state index contributed by atoms with van der Waals surface area (Å²) in [4.78, 5) is 35.2. The summed E-state index contributed by atoms with van der Waals surface area (Å²) in [5.74, 6) is -0.947. The van der Waals surface area contributed by atoms with E-state index in [9.17, 15) is 14.4 Å². The van der Waals surface area contributed by atoms with Crippen molar-refractivity contribution in [2.75, 3.05) is 11.9 Å². The van der Waals surface area contributed by atoms with Crippen LogP contribution in [0.1, 0.15) is 29.8 Å². The van der Waals surface area contributed by atoms with E-state index in [4.69, 9.17) is 14.7 Å². The number of nitriles is 1. The Bertz CT molecular complexity index is 884. The molecule has 2 aromatic carbocycles. The zero-order valence-electron chi connectivity index (χ0n) is 14.9. The van der Waals surface area contributed by atoms with Gasteiger partial charge in [-0.25, -0.2) is 4.79 Å². The van der Waals surface area contributed by atoms with E-state index in [0.717, 1.165) is 0 Å². The Morgan fingerprint density at radius 3 is 2.48 bits per heavy atom. The molecule has 0 bridgehead atoms. The Labute approximate surface area is 156 Å². The molecule has 0 spiro atoms. The quantitative estimate of drug-likeness (QED) is 0.597. The number of ketones is 1. The van der Waals surface area contributed by atoms with E-state index in [-0.39, 0.29) is 5.78 Å². The first-order valence-corrected chi connectivity index (χ1v) is 8.13. The van der Waals surface area contributed by atoms with Crippen molar-refractivity contribution in [3.63, 3.8) is 0 Å². The van der Waals surface area contributed by atoms with Gasteiger partial charge in [-0.15, -0.1) is 0 Å². The second-order valence-corrected chi connectivity index (χ2v) is 5.69. The molecule has 1 atom stereocenters. The molecular formula is C20H18N2O5. The lowest BCUT2D eigenvalue weighted by molar-refractivity contribution is -0.153. The van der Waals surface area contributed by atoms with Gasteiger partial charge >= 0.3 is 5.97 Å². The summed E-state index contributed by atoms with van der Waals surface area (Å²) in [6.45, 7) is 2.44. The summed E-state index contributed by atoms with van der Waals surface area (Å²) < 4.78 is 10.4. The van der Waals surface area contributed by atoms with Gasteiger partial charge in [0, 0.05) is 11.3 Å². The van der Waals surface area contributed by atoms with Crippen LogP contribution in [0, 0.1) is 11.3 Å². The van der Waals surface area contributed by atoms with Crippen LogP contribution in [-0.2, 0) is 14.3 Å². The van der Waals surface area contributed by atoms with Crippen molar-refractivity contribution >= 4 is 23.3 Å². The fourth-order valence-corrected chi connectivity index (χ4v) is 2.13. The highest BCUT2D eigenvalue weighted by molar-refractivity contribution is 5.97. The Morgan fingerprint density at radius 1 is 1.15 bits per heavy atom. The molecule has 0 aliphatic carbocycles. The second-order valence-electron chi connectivity index (χ2n) is 5.69. The molecule has 1 amide bonds. The fourth-order valence-electron chi connectivity index (χ4n) is 2.13. The van der Waals surface area contributed by atoms with Gasteiger partial charge < -0.3 is 14.8 Å². The zero-order valence-corrected chi connectivity index (χ0v) is 14.9. The van der Waals surface area contributed by atoms with Gasteiger partial charge in [0.1, 0.15) is 5.75 Å². The Morgan fingerprint density at radius 2 is 1.85 bits per heavy atom. The number of nitrogens with zero attached hydrogens (tertiary/aromatic N) is 1. The Balaban J connectivity index is 1.83. The van der Waals surface area contributed by atoms with Gasteiger partial charge in [-0.05, 0) is 50.2 Å². The number of esters is 1. The minimum atomic E-state index is -0.924. The topological polar surface area (TPSA) is 105 Å². The molecule has 7 nitrogen and oxygen atoms in total. The first-order chi connectivity index (χ1) is 12.9. The SMILES string of the molecule is CC(=O)c1cccc(NC(=O)COC(=O)C(C)Oc2ccc(C#N)cc2)c1. The number of hydrogen-bond acceptors (Lipinski definition) is 6. The summed E-state index contributed by atoms with van der Waals surface area (Å²) in [7, 11) is 0. The predicted octanol–water partition coefficient (Wildman–Crippen LogP) is 2.71. The third kappa shape index (κ3) is 5.97. The van der Waals surface area contributed by atoms with Crippen LogP contribution in [0.4, 0.5) is 5.69 Å². The van der Waals surface area contributed by atoms with Crippen LogP contribution in [0.3, 0.4) is 0 Å². The predicted molar refractivity (Wildman–Crippen MR) is 97.3 cm³/mol. The molecule has 27 heavy (non-hydrogen) atoms. The van der Waals surface area contributed by atoms with Crippen LogP contribution < -0.4 is 10.1 Å². The minimum absolute atomic E-state index is 0.119. The van der Waals surface area contributed by atoms with Crippen LogP contribution in [-0.4, -0.2) is 30.4 Å². The number of anilines is 1. The second kappa shape index (κ2) is 9.15. The summed E-state index contributed by atoms with van der Waals surface area (Å²) in [5, 5.41) is 11.3. The van der Waals surface area contributed by atoms with E-state index in [0.29, 0.717) is 22.6 Å². The van der Waals surface area contributed by atoms with Crippen molar-refractivity contribution in [3.05, 3.63) is 59.7 Å². The average molecular weight is 366 g/mol. The average Bonchev–Trinajstić information content (AvgIpc) is 2.66. The first-order valence-electron chi connectivity index (χ1n) is 8.13. The Kier molecular flexibility index (Phi) is 6.67. The van der Waals surface area contributed by atoms with E-state index < -0.39 is 24.6 Å². The zero-order chi connectivity index (χ0) is 19.8. The molecule has 0 saturated carbocycles. The molecule has 0 aliphatic rings. The van der Waals surface area contributed by atoms with Crippen molar-refractivity contribution < 1.29 is 23.9 Å². The highest BCUT2D eigenvalue weighted by Gasteiger charge is 2.18. The largest absolute Gasteiger partial charge is 0.479 e. The molecule has 7 heteroatoms. The van der Waals surface area contributed by atoms with Gasteiger partial charge in [-0.1, -0.05) is 12.1 Å². The number of Topliss-reactive ketones (excluding diaryl/α,β-unsaturated/α-hetero) is 1. The first kappa shape index (κ1) is 19.7. The molecule has 2 rings (SSSR count). The molecule has 0 radical (unpaired) electrons. The number of carbonyl (C=O) groups is 3. The maximum atomic E-state index is 11.9. The van der Waals surface area contributed by atoms with Gasteiger partial charge in [0.2, 0.25) is 0 Å². The third-order valence-electron chi connectivity index (χ3n) is 3.53. The lowest BCUT2D eigenvalue weighted by Gasteiger charge is -2.14. The van der Waals surface area contributed by atoms with Crippen molar-refractivity contribution in [2.24, 2.45) is 0 Å². The highest BCUT2D eigenvalue weighted by Crippen LogP contribution is 2.14. The number of carbonyl (C=O) groups excluding carboxylic acids is 3. The Hall–Kier alpha value is -3.66. The van der Waals surface area contributed by atoms with E-state index in [1.165, 1.54) is 13.8 Å². The van der Waals surface area contributed by atoms with Gasteiger partial charge in [-0.3, -0.25) is 9.59 Å². The minimum Gasteiger partial charge on any atom is -0.479 e. The number of benzene rings is 2. The molecule has 0 aliphatic heterocycles. The number of nitrogens with one attached hydrogen (secondary N) is 1. The van der Waals surface area contributed by atoms with E-state index in [1.54, 1.807) is 48.5 Å². The molecule has 0 fully saturated rings. The van der Waals surface area contributed by atoms with Crippen molar-refractivity contribution in [1.29, 1.82) is 5.26 Å². The van der Waals surface area contributed by atoms with Gasteiger partial charge in [0.05, 0.1) is 11.6 Å². The van der Waals surface area contributed by atoms with Gasteiger partial charge in [0.15, 0.2) is 18.5 Å². The van der Waals surface area contributed by atoms with Gasteiger partial charge in [0.25, 0.3) is 5.91 Å². The molecule has 0 aromatic heterocycles.